The van der Waals surface area contributed by atoms with Crippen molar-refractivity contribution in [2.24, 2.45) is 17.3 Å². The lowest BCUT2D eigenvalue weighted by atomic mass is 9.59. The van der Waals surface area contributed by atoms with Crippen LogP contribution in [0.1, 0.15) is 52.4 Å². The topological polar surface area (TPSA) is 18.5 Å². The molecule has 1 spiro atoms. The Bertz CT molecular complexity index is 366. The molecule has 0 aromatic rings. The van der Waals surface area contributed by atoms with Gasteiger partial charge in [0.25, 0.3) is 0 Å². The fourth-order valence-electron chi connectivity index (χ4n) is 5.41. The van der Waals surface area contributed by atoms with Gasteiger partial charge in [-0.25, -0.2) is 0 Å². The molecule has 4 aliphatic rings. The molecule has 0 aromatic heterocycles. The van der Waals surface area contributed by atoms with E-state index in [1.165, 1.54) is 77.8 Å². The first-order valence-corrected chi connectivity index (χ1v) is 9.84. The second kappa shape index (κ2) is 6.07. The van der Waals surface area contributed by atoms with Gasteiger partial charge in [0, 0.05) is 25.2 Å². The van der Waals surface area contributed by atoms with Crippen molar-refractivity contribution in [2.75, 3.05) is 39.3 Å². The average Bonchev–Trinajstić information content (AvgIpc) is 2.45. The van der Waals surface area contributed by atoms with E-state index < -0.39 is 0 Å². The fourth-order valence-corrected chi connectivity index (χ4v) is 5.41. The normalized spacial score (nSPS) is 32.3. The summed E-state index contributed by atoms with van der Waals surface area (Å²) in [6.45, 7) is 12.8. The average molecular weight is 306 g/mol. The Morgan fingerprint density at radius 3 is 2.14 bits per heavy atom. The van der Waals surface area contributed by atoms with Crippen LogP contribution in [-0.4, -0.2) is 61.2 Å². The Hall–Kier alpha value is -0.120. The number of hydrogen-bond acceptors (Lipinski definition) is 3. The van der Waals surface area contributed by atoms with Crippen LogP contribution < -0.4 is 5.32 Å². The Morgan fingerprint density at radius 1 is 0.909 bits per heavy atom. The highest BCUT2D eigenvalue weighted by Crippen LogP contribution is 2.52. The summed E-state index contributed by atoms with van der Waals surface area (Å²) in [7, 11) is 0. The highest BCUT2D eigenvalue weighted by molar-refractivity contribution is 5.04. The number of hydrogen-bond donors (Lipinski definition) is 1. The van der Waals surface area contributed by atoms with E-state index in [0.717, 1.165) is 29.3 Å². The zero-order valence-electron chi connectivity index (χ0n) is 14.7. The molecule has 126 valence electrons. The van der Waals surface area contributed by atoms with Crippen LogP contribution in [0.4, 0.5) is 0 Å². The summed E-state index contributed by atoms with van der Waals surface area (Å²) in [5.41, 5.74) is 0.747. The van der Waals surface area contributed by atoms with E-state index in [9.17, 15) is 0 Å². The lowest BCUT2D eigenvalue weighted by molar-refractivity contribution is -0.0909. The summed E-state index contributed by atoms with van der Waals surface area (Å²) < 4.78 is 0. The van der Waals surface area contributed by atoms with Crippen LogP contribution in [-0.2, 0) is 0 Å². The van der Waals surface area contributed by atoms with Gasteiger partial charge in [-0.3, -0.25) is 4.90 Å². The minimum Gasteiger partial charge on any atom is -0.317 e. The number of piperidine rings is 2. The predicted octanol–water partition coefficient (Wildman–Crippen LogP) is 2.57. The zero-order chi connectivity index (χ0) is 15.2. The minimum absolute atomic E-state index is 0.747. The molecule has 3 heterocycles. The molecular formula is C19H35N3. The first-order chi connectivity index (χ1) is 10.7. The Morgan fingerprint density at radius 2 is 1.55 bits per heavy atom. The van der Waals surface area contributed by atoms with Gasteiger partial charge in [-0.15, -0.1) is 0 Å². The van der Waals surface area contributed by atoms with E-state index in [-0.39, 0.29) is 0 Å². The van der Waals surface area contributed by atoms with Crippen LogP contribution in [0.3, 0.4) is 0 Å². The molecule has 3 aliphatic heterocycles. The monoisotopic (exact) mass is 305 g/mol. The minimum atomic E-state index is 0.747. The van der Waals surface area contributed by atoms with E-state index >= 15 is 0 Å². The van der Waals surface area contributed by atoms with Crippen molar-refractivity contribution in [1.82, 2.24) is 15.1 Å². The van der Waals surface area contributed by atoms with E-state index in [0.29, 0.717) is 0 Å². The number of likely N-dealkylation sites (tertiary alicyclic amines) is 2. The molecule has 1 saturated carbocycles. The van der Waals surface area contributed by atoms with Gasteiger partial charge in [0.1, 0.15) is 0 Å². The van der Waals surface area contributed by atoms with E-state index in [2.05, 4.69) is 29.0 Å². The molecule has 0 aromatic carbocycles. The van der Waals surface area contributed by atoms with Gasteiger partial charge in [0.05, 0.1) is 0 Å². The maximum atomic E-state index is 3.50. The largest absolute Gasteiger partial charge is 0.317 e. The van der Waals surface area contributed by atoms with Crippen LogP contribution in [0, 0.1) is 17.3 Å². The van der Waals surface area contributed by atoms with Crippen molar-refractivity contribution < 1.29 is 0 Å². The van der Waals surface area contributed by atoms with Crippen molar-refractivity contribution in [2.45, 2.75) is 64.5 Å². The van der Waals surface area contributed by atoms with Gasteiger partial charge in [0.2, 0.25) is 0 Å². The van der Waals surface area contributed by atoms with Crippen molar-refractivity contribution in [1.29, 1.82) is 0 Å². The maximum Gasteiger partial charge on any atom is 0.0119 e. The molecule has 1 N–H and O–H groups in total. The molecule has 0 amide bonds. The summed E-state index contributed by atoms with van der Waals surface area (Å²) in [5, 5.41) is 3.50. The maximum absolute atomic E-state index is 3.50. The summed E-state index contributed by atoms with van der Waals surface area (Å²) in [6, 6.07) is 1.83. The number of rotatable bonds is 3. The molecule has 0 bridgehead atoms. The highest BCUT2D eigenvalue weighted by Gasteiger charge is 2.50. The molecule has 3 heteroatoms. The molecule has 0 atom stereocenters. The van der Waals surface area contributed by atoms with Gasteiger partial charge in [-0.05, 0) is 82.0 Å². The Kier molecular flexibility index (Phi) is 4.25. The van der Waals surface area contributed by atoms with Crippen LogP contribution in [0.2, 0.25) is 0 Å². The summed E-state index contributed by atoms with van der Waals surface area (Å²) in [5.74, 6) is 1.87. The number of nitrogens with one attached hydrogen (secondary N) is 1. The van der Waals surface area contributed by atoms with Crippen LogP contribution in [0.25, 0.3) is 0 Å². The van der Waals surface area contributed by atoms with Crippen LogP contribution in [0.15, 0.2) is 0 Å². The molecule has 3 saturated heterocycles. The summed E-state index contributed by atoms with van der Waals surface area (Å²) >= 11 is 0. The van der Waals surface area contributed by atoms with Crippen molar-refractivity contribution >= 4 is 0 Å². The quantitative estimate of drug-likeness (QED) is 0.864. The standard InChI is InChI=1S/C19H35N3/c1-15(2)16-13-22(14-16)18-11-19(12-18)5-9-21(10-6-19)17-3-7-20-8-4-17/h15-18,20H,3-14H2,1-2H3. The molecule has 4 rings (SSSR count). The van der Waals surface area contributed by atoms with Crippen LogP contribution >= 0.6 is 0 Å². The van der Waals surface area contributed by atoms with Crippen molar-refractivity contribution in [3.8, 4) is 0 Å². The molecular weight excluding hydrogens is 270 g/mol. The lowest BCUT2D eigenvalue weighted by Gasteiger charge is -2.59. The van der Waals surface area contributed by atoms with Gasteiger partial charge in [-0.2, -0.15) is 0 Å². The van der Waals surface area contributed by atoms with Gasteiger partial charge < -0.3 is 10.2 Å². The smallest absolute Gasteiger partial charge is 0.0119 e. The summed E-state index contributed by atoms with van der Waals surface area (Å²) in [4.78, 5) is 5.60. The third kappa shape index (κ3) is 2.85. The molecule has 4 fully saturated rings. The fraction of sp³-hybridized carbons (Fsp3) is 1.00. The SMILES string of the molecule is CC(C)C1CN(C2CC3(CCN(C4CCNCC4)CC3)C2)C1. The third-order valence-corrected chi connectivity index (χ3v) is 7.42. The molecule has 0 radical (unpaired) electrons. The predicted molar refractivity (Wildman–Crippen MR) is 92.1 cm³/mol. The van der Waals surface area contributed by atoms with E-state index in [1.54, 1.807) is 0 Å². The van der Waals surface area contributed by atoms with E-state index in [4.69, 9.17) is 0 Å². The van der Waals surface area contributed by atoms with Gasteiger partial charge in [-0.1, -0.05) is 13.8 Å². The molecule has 0 unspecified atom stereocenters. The van der Waals surface area contributed by atoms with Crippen molar-refractivity contribution in [3.05, 3.63) is 0 Å². The van der Waals surface area contributed by atoms with Crippen LogP contribution in [0.5, 0.6) is 0 Å². The van der Waals surface area contributed by atoms with Gasteiger partial charge in [0.15, 0.2) is 0 Å². The molecule has 1 aliphatic carbocycles. The van der Waals surface area contributed by atoms with Crippen molar-refractivity contribution in [3.63, 3.8) is 0 Å². The van der Waals surface area contributed by atoms with E-state index in [1.807, 2.05) is 0 Å². The first-order valence-electron chi connectivity index (χ1n) is 9.84. The Balaban J connectivity index is 1.20. The highest BCUT2D eigenvalue weighted by atomic mass is 15.2. The second-order valence-electron chi connectivity index (χ2n) is 9.04. The number of nitrogens with zero attached hydrogens (tertiary/aromatic N) is 2. The second-order valence-corrected chi connectivity index (χ2v) is 9.04. The zero-order valence-corrected chi connectivity index (χ0v) is 14.7. The first kappa shape index (κ1) is 15.4. The molecule has 22 heavy (non-hydrogen) atoms. The third-order valence-electron chi connectivity index (χ3n) is 7.42. The molecule has 3 nitrogen and oxygen atoms in total. The Labute approximate surface area is 136 Å². The van der Waals surface area contributed by atoms with Gasteiger partial charge >= 0.3 is 0 Å². The lowest BCUT2D eigenvalue weighted by Crippen LogP contribution is -2.62. The summed E-state index contributed by atoms with van der Waals surface area (Å²) in [6.07, 6.45) is 8.74.